The van der Waals surface area contributed by atoms with E-state index < -0.39 is 12.2 Å². The van der Waals surface area contributed by atoms with E-state index in [0.29, 0.717) is 6.54 Å². The van der Waals surface area contributed by atoms with E-state index in [0.717, 1.165) is 12.1 Å². The molecule has 0 bridgehead atoms. The Balaban J connectivity index is 0.000000845. The van der Waals surface area contributed by atoms with E-state index in [2.05, 4.69) is 0 Å². The Labute approximate surface area is 82.9 Å². The van der Waals surface area contributed by atoms with E-state index in [9.17, 15) is 10.2 Å². The van der Waals surface area contributed by atoms with E-state index in [4.69, 9.17) is 5.11 Å². The summed E-state index contributed by atoms with van der Waals surface area (Å²) in [5, 5.41) is 27.8. The molecule has 0 radical (unpaired) electrons. The maximum atomic E-state index is 9.53. The summed E-state index contributed by atoms with van der Waals surface area (Å²) in [6.45, 7) is 1.21. The van der Waals surface area contributed by atoms with Crippen molar-refractivity contribution in [3.63, 3.8) is 0 Å². The predicted octanol–water partition coefficient (Wildman–Crippen LogP) is -1.25. The van der Waals surface area contributed by atoms with Gasteiger partial charge in [-0.2, -0.15) is 0 Å². The van der Waals surface area contributed by atoms with Gasteiger partial charge in [-0.1, -0.05) is 6.08 Å². The van der Waals surface area contributed by atoms with Gasteiger partial charge in [0.25, 0.3) is 0 Å². The van der Waals surface area contributed by atoms with Gasteiger partial charge in [-0.25, -0.2) is 0 Å². The van der Waals surface area contributed by atoms with Gasteiger partial charge >= 0.3 is 0 Å². The average Bonchev–Trinajstić information content (AvgIpc) is 2.55. The first-order chi connectivity index (χ1) is 5.74. The Hall–Kier alpha value is -0.130. The lowest BCUT2D eigenvalue weighted by Crippen LogP contribution is -2.34. The van der Waals surface area contributed by atoms with Gasteiger partial charge in [0, 0.05) is 13.1 Å². The Kier molecular flexibility index (Phi) is 3.32. The highest BCUT2D eigenvalue weighted by molar-refractivity contribution is 5.85. The van der Waals surface area contributed by atoms with Gasteiger partial charge in [0.2, 0.25) is 0 Å². The number of halogens is 1. The van der Waals surface area contributed by atoms with Crippen LogP contribution in [-0.4, -0.2) is 58.2 Å². The number of aliphatic hydroxyl groups excluding tert-OH is 3. The molecule has 0 spiro atoms. The molecule has 76 valence electrons. The summed E-state index contributed by atoms with van der Waals surface area (Å²) in [5.74, 6) is 0. The van der Waals surface area contributed by atoms with Gasteiger partial charge in [-0.3, -0.25) is 4.90 Å². The minimum absolute atomic E-state index is 0. The minimum Gasteiger partial charge on any atom is -0.392 e. The van der Waals surface area contributed by atoms with Gasteiger partial charge in [0.1, 0.15) is 6.10 Å². The first kappa shape index (κ1) is 10.9. The molecule has 1 saturated heterocycles. The number of rotatable bonds is 1. The molecule has 0 saturated carbocycles. The lowest BCUT2D eigenvalue weighted by atomic mass is 10.0. The van der Waals surface area contributed by atoms with Crippen LogP contribution in [0.5, 0.6) is 0 Å². The molecule has 3 atom stereocenters. The maximum Gasteiger partial charge on any atom is 0.101 e. The summed E-state index contributed by atoms with van der Waals surface area (Å²) in [6.07, 6.45) is 0.524. The van der Waals surface area contributed by atoms with Crippen molar-refractivity contribution in [1.29, 1.82) is 0 Å². The Morgan fingerprint density at radius 3 is 2.77 bits per heavy atom. The van der Waals surface area contributed by atoms with Gasteiger partial charge < -0.3 is 15.3 Å². The van der Waals surface area contributed by atoms with Crippen LogP contribution in [0.3, 0.4) is 0 Å². The standard InChI is InChI=1S/C8H13NO3.ClH/c10-4-5-1-2-9-3-6(11)8(12)7(5)9;/h1,6-8,10-12H,2-4H2;1H/t6-,7+,8-;/m1./s1. The maximum absolute atomic E-state index is 9.53. The molecular weight excluding hydrogens is 194 g/mol. The average molecular weight is 208 g/mol. The minimum atomic E-state index is -0.731. The summed E-state index contributed by atoms with van der Waals surface area (Å²) < 4.78 is 0. The molecule has 13 heavy (non-hydrogen) atoms. The largest absolute Gasteiger partial charge is 0.392 e. The number of nitrogens with zero attached hydrogens (tertiary/aromatic N) is 1. The highest BCUT2D eigenvalue weighted by Crippen LogP contribution is 2.28. The van der Waals surface area contributed by atoms with Crippen molar-refractivity contribution in [2.45, 2.75) is 18.2 Å². The summed E-state index contributed by atoms with van der Waals surface area (Å²) in [6, 6.07) is -0.148. The zero-order valence-electron chi connectivity index (χ0n) is 7.13. The molecule has 0 aliphatic carbocycles. The topological polar surface area (TPSA) is 63.9 Å². The van der Waals surface area contributed by atoms with Crippen molar-refractivity contribution in [2.24, 2.45) is 0 Å². The van der Waals surface area contributed by atoms with Gasteiger partial charge in [0.05, 0.1) is 18.8 Å². The molecule has 2 rings (SSSR count). The number of aliphatic hydroxyl groups is 3. The monoisotopic (exact) mass is 207 g/mol. The van der Waals surface area contributed by atoms with Crippen LogP contribution in [0.15, 0.2) is 11.6 Å². The molecule has 0 aromatic heterocycles. The number of hydrogen-bond acceptors (Lipinski definition) is 4. The Morgan fingerprint density at radius 1 is 1.46 bits per heavy atom. The smallest absolute Gasteiger partial charge is 0.101 e. The lowest BCUT2D eigenvalue weighted by molar-refractivity contribution is 0.0439. The fourth-order valence-corrected chi connectivity index (χ4v) is 2.04. The van der Waals surface area contributed by atoms with Crippen LogP contribution < -0.4 is 0 Å². The SMILES string of the molecule is Cl.OCC1=CCN2C[C@@H](O)[C@@H](O)[C@H]12. The first-order valence-corrected chi connectivity index (χ1v) is 4.14. The second-order valence-corrected chi connectivity index (χ2v) is 3.39. The number of hydrogen-bond donors (Lipinski definition) is 3. The molecule has 2 heterocycles. The van der Waals surface area contributed by atoms with Crippen molar-refractivity contribution in [2.75, 3.05) is 19.7 Å². The molecule has 2 aliphatic heterocycles. The number of fused-ring (bicyclic) bond motifs is 1. The van der Waals surface area contributed by atoms with Crippen molar-refractivity contribution >= 4 is 12.4 Å². The summed E-state index contributed by atoms with van der Waals surface area (Å²) >= 11 is 0. The fraction of sp³-hybridized carbons (Fsp3) is 0.750. The Bertz CT molecular complexity index is 221. The molecule has 5 heteroatoms. The van der Waals surface area contributed by atoms with Crippen LogP contribution in [0.2, 0.25) is 0 Å². The van der Waals surface area contributed by atoms with Crippen LogP contribution in [0, 0.1) is 0 Å². The summed E-state index contributed by atoms with van der Waals surface area (Å²) in [4.78, 5) is 1.97. The second-order valence-electron chi connectivity index (χ2n) is 3.39. The van der Waals surface area contributed by atoms with Crippen molar-refractivity contribution in [3.8, 4) is 0 Å². The quantitative estimate of drug-likeness (QED) is 0.470. The van der Waals surface area contributed by atoms with E-state index in [1.54, 1.807) is 0 Å². The summed E-state index contributed by atoms with van der Waals surface area (Å²) in [5.41, 5.74) is 0.832. The zero-order chi connectivity index (χ0) is 8.72. The molecule has 3 N–H and O–H groups in total. The third-order valence-corrected chi connectivity index (χ3v) is 2.68. The van der Waals surface area contributed by atoms with Crippen LogP contribution in [0.4, 0.5) is 0 Å². The molecule has 4 nitrogen and oxygen atoms in total. The van der Waals surface area contributed by atoms with Crippen LogP contribution in [-0.2, 0) is 0 Å². The van der Waals surface area contributed by atoms with E-state index in [1.165, 1.54) is 0 Å². The molecule has 1 fully saturated rings. The molecule has 2 aliphatic rings. The lowest BCUT2D eigenvalue weighted by Gasteiger charge is -2.19. The summed E-state index contributed by atoms with van der Waals surface area (Å²) in [7, 11) is 0. The van der Waals surface area contributed by atoms with Gasteiger partial charge in [0.15, 0.2) is 0 Å². The third kappa shape index (κ3) is 1.60. The van der Waals surface area contributed by atoms with Gasteiger partial charge in [-0.05, 0) is 5.57 Å². The first-order valence-electron chi connectivity index (χ1n) is 4.14. The van der Waals surface area contributed by atoms with E-state index >= 15 is 0 Å². The third-order valence-electron chi connectivity index (χ3n) is 2.68. The molecule has 0 amide bonds. The molecule has 0 aromatic carbocycles. The molecule has 0 unspecified atom stereocenters. The van der Waals surface area contributed by atoms with Crippen molar-refractivity contribution in [3.05, 3.63) is 11.6 Å². The molecule has 0 aromatic rings. The van der Waals surface area contributed by atoms with E-state index in [-0.39, 0.29) is 25.1 Å². The second kappa shape index (κ2) is 3.94. The molecular formula is C8H14ClNO3. The van der Waals surface area contributed by atoms with Crippen LogP contribution >= 0.6 is 12.4 Å². The van der Waals surface area contributed by atoms with Crippen molar-refractivity contribution in [1.82, 2.24) is 4.90 Å². The predicted molar refractivity (Wildman–Crippen MR) is 49.8 cm³/mol. The highest BCUT2D eigenvalue weighted by atomic mass is 35.5. The van der Waals surface area contributed by atoms with Crippen LogP contribution in [0.25, 0.3) is 0 Å². The normalized spacial score (nSPS) is 38.4. The highest BCUT2D eigenvalue weighted by Gasteiger charge is 2.43. The zero-order valence-corrected chi connectivity index (χ0v) is 7.94. The Morgan fingerprint density at radius 2 is 2.15 bits per heavy atom. The van der Waals surface area contributed by atoms with Gasteiger partial charge in [-0.15, -0.1) is 12.4 Å². The van der Waals surface area contributed by atoms with E-state index in [1.807, 2.05) is 11.0 Å². The van der Waals surface area contributed by atoms with Crippen LogP contribution in [0.1, 0.15) is 0 Å². The fourth-order valence-electron chi connectivity index (χ4n) is 2.04. The van der Waals surface area contributed by atoms with Crippen molar-refractivity contribution < 1.29 is 15.3 Å².